The molecule has 20 heavy (non-hydrogen) atoms. The Balaban J connectivity index is 0.00000147. The van der Waals surface area contributed by atoms with Gasteiger partial charge in [-0.25, -0.2) is 0 Å². The Morgan fingerprint density at radius 3 is 2.95 bits per heavy atom. The van der Waals surface area contributed by atoms with E-state index in [0.29, 0.717) is 5.41 Å². The van der Waals surface area contributed by atoms with Crippen LogP contribution in [-0.2, 0) is 6.54 Å². The van der Waals surface area contributed by atoms with Crippen LogP contribution in [0.4, 0.5) is 0 Å². The normalized spacial score (nSPS) is 25.9. The fraction of sp³-hybridized carbons (Fsp3) is 0.600. The van der Waals surface area contributed by atoms with Crippen molar-refractivity contribution in [1.29, 1.82) is 0 Å². The van der Waals surface area contributed by atoms with Crippen molar-refractivity contribution in [3.63, 3.8) is 0 Å². The lowest BCUT2D eigenvalue weighted by Crippen LogP contribution is -2.29. The van der Waals surface area contributed by atoms with Gasteiger partial charge >= 0.3 is 0 Å². The summed E-state index contributed by atoms with van der Waals surface area (Å²) in [7, 11) is 1.75. The lowest BCUT2D eigenvalue weighted by atomic mass is 9.86. The predicted octanol–water partition coefficient (Wildman–Crippen LogP) is 3.06. The maximum Gasteiger partial charge on any atom is 0.124 e. The first-order valence-corrected chi connectivity index (χ1v) is 7.76. The first-order valence-electron chi connectivity index (χ1n) is 6.96. The molecule has 0 saturated carbocycles. The molecule has 5 heteroatoms. The maximum absolute atomic E-state index is 5.48. The number of halogens is 2. The number of hydrogen-bond acceptors (Lipinski definition) is 3. The Bertz CT molecular complexity index is 463. The van der Waals surface area contributed by atoms with Gasteiger partial charge in [0.1, 0.15) is 5.75 Å². The van der Waals surface area contributed by atoms with E-state index in [2.05, 4.69) is 44.3 Å². The zero-order valence-electron chi connectivity index (χ0n) is 11.8. The number of nitrogens with zero attached hydrogens (tertiary/aromatic N) is 1. The monoisotopic (exact) mass is 360 g/mol. The van der Waals surface area contributed by atoms with Crippen molar-refractivity contribution in [2.75, 3.05) is 33.3 Å². The zero-order valence-corrected chi connectivity index (χ0v) is 14.2. The highest BCUT2D eigenvalue weighted by Gasteiger charge is 2.40. The second kappa shape index (κ2) is 6.65. The number of methoxy groups -OCH3 is 1. The molecule has 1 aromatic rings. The third-order valence-electron chi connectivity index (χ3n) is 4.49. The molecule has 1 unspecified atom stereocenters. The summed E-state index contributed by atoms with van der Waals surface area (Å²) in [4.78, 5) is 2.57. The van der Waals surface area contributed by atoms with Crippen LogP contribution in [0.2, 0.25) is 0 Å². The fourth-order valence-corrected chi connectivity index (χ4v) is 3.74. The quantitative estimate of drug-likeness (QED) is 0.895. The molecule has 2 heterocycles. The number of rotatable bonds is 3. The number of benzene rings is 1. The van der Waals surface area contributed by atoms with Gasteiger partial charge in [0.2, 0.25) is 0 Å². The maximum atomic E-state index is 5.48. The first kappa shape index (κ1) is 16.1. The number of nitrogens with one attached hydrogen (secondary N) is 1. The Hall–Kier alpha value is -0.290. The molecule has 112 valence electrons. The number of likely N-dealkylation sites (tertiary alicyclic amines) is 1. The van der Waals surface area contributed by atoms with Gasteiger partial charge in [-0.3, -0.25) is 4.90 Å². The molecule has 1 aromatic carbocycles. The van der Waals surface area contributed by atoms with Crippen molar-refractivity contribution in [2.45, 2.75) is 19.4 Å². The van der Waals surface area contributed by atoms with Gasteiger partial charge in [-0.1, -0.05) is 22.0 Å². The van der Waals surface area contributed by atoms with Gasteiger partial charge in [0.15, 0.2) is 0 Å². The van der Waals surface area contributed by atoms with Crippen molar-refractivity contribution < 1.29 is 4.74 Å². The van der Waals surface area contributed by atoms with E-state index < -0.39 is 0 Å². The molecule has 2 saturated heterocycles. The summed E-state index contributed by atoms with van der Waals surface area (Å²) in [5.74, 6) is 0.986. The molecule has 0 radical (unpaired) electrons. The fourth-order valence-electron chi connectivity index (χ4n) is 3.40. The zero-order chi connectivity index (χ0) is 13.3. The average molecular weight is 362 g/mol. The second-order valence-corrected chi connectivity index (χ2v) is 6.76. The lowest BCUT2D eigenvalue weighted by Gasteiger charge is -2.23. The van der Waals surface area contributed by atoms with Crippen molar-refractivity contribution in [1.82, 2.24) is 10.2 Å². The minimum Gasteiger partial charge on any atom is -0.496 e. The lowest BCUT2D eigenvalue weighted by molar-refractivity contribution is 0.265. The topological polar surface area (TPSA) is 24.5 Å². The largest absolute Gasteiger partial charge is 0.496 e. The van der Waals surface area contributed by atoms with Gasteiger partial charge in [-0.05, 0) is 43.5 Å². The van der Waals surface area contributed by atoms with Crippen LogP contribution in [0.1, 0.15) is 18.4 Å². The van der Waals surface area contributed by atoms with E-state index in [4.69, 9.17) is 4.74 Å². The molecule has 3 nitrogen and oxygen atoms in total. The molecule has 2 fully saturated rings. The highest BCUT2D eigenvalue weighted by molar-refractivity contribution is 9.10. The molecule has 0 aliphatic carbocycles. The van der Waals surface area contributed by atoms with Crippen LogP contribution in [0.3, 0.4) is 0 Å². The molecule has 1 atom stereocenters. The molecule has 2 aliphatic heterocycles. The summed E-state index contributed by atoms with van der Waals surface area (Å²) in [5.41, 5.74) is 1.83. The van der Waals surface area contributed by atoms with Crippen LogP contribution in [0.15, 0.2) is 22.7 Å². The van der Waals surface area contributed by atoms with E-state index in [1.807, 2.05) is 0 Å². The Morgan fingerprint density at radius 1 is 1.40 bits per heavy atom. The van der Waals surface area contributed by atoms with Crippen LogP contribution >= 0.6 is 28.3 Å². The van der Waals surface area contributed by atoms with E-state index in [-0.39, 0.29) is 12.4 Å². The van der Waals surface area contributed by atoms with Crippen molar-refractivity contribution >= 4 is 28.3 Å². The van der Waals surface area contributed by atoms with Gasteiger partial charge < -0.3 is 10.1 Å². The number of ether oxygens (including phenoxy) is 1. The summed E-state index contributed by atoms with van der Waals surface area (Å²) in [6.45, 7) is 5.81. The minimum atomic E-state index is 0. The molecule has 0 bridgehead atoms. The third-order valence-corrected chi connectivity index (χ3v) is 4.99. The van der Waals surface area contributed by atoms with Gasteiger partial charge in [0.25, 0.3) is 0 Å². The summed E-state index contributed by atoms with van der Waals surface area (Å²) < 4.78 is 6.56. The average Bonchev–Trinajstić information content (AvgIpc) is 3.03. The van der Waals surface area contributed by atoms with Crippen LogP contribution in [0, 0.1) is 5.41 Å². The molecular weight excluding hydrogens is 340 g/mol. The van der Waals surface area contributed by atoms with E-state index in [1.54, 1.807) is 7.11 Å². The van der Waals surface area contributed by atoms with E-state index in [1.165, 1.54) is 44.6 Å². The van der Waals surface area contributed by atoms with E-state index >= 15 is 0 Å². The molecule has 2 aliphatic rings. The van der Waals surface area contributed by atoms with Gasteiger partial charge in [0, 0.05) is 29.7 Å². The molecular formula is C15H22BrClN2O. The summed E-state index contributed by atoms with van der Waals surface area (Å²) in [6, 6.07) is 6.32. The molecule has 1 spiro atoms. The second-order valence-electron chi connectivity index (χ2n) is 5.84. The smallest absolute Gasteiger partial charge is 0.124 e. The van der Waals surface area contributed by atoms with Gasteiger partial charge in [-0.2, -0.15) is 0 Å². The van der Waals surface area contributed by atoms with Gasteiger partial charge in [0.05, 0.1) is 7.11 Å². The highest BCUT2D eigenvalue weighted by atomic mass is 79.9. The molecule has 0 amide bonds. The minimum absolute atomic E-state index is 0. The molecule has 1 N–H and O–H groups in total. The Labute approximate surface area is 135 Å². The van der Waals surface area contributed by atoms with Gasteiger partial charge in [-0.15, -0.1) is 12.4 Å². The van der Waals surface area contributed by atoms with Crippen molar-refractivity contribution in [2.24, 2.45) is 5.41 Å². The summed E-state index contributed by atoms with van der Waals surface area (Å²) >= 11 is 3.50. The molecule has 0 aromatic heterocycles. The first-order chi connectivity index (χ1) is 9.21. The predicted molar refractivity (Wildman–Crippen MR) is 87.8 cm³/mol. The standard InChI is InChI=1S/C15H21BrN2O.ClH/c1-19-14-8-13(16)3-2-12(14)9-18-7-5-15(11-18)4-6-17-10-15;/h2-3,8,17H,4-7,9-11H2,1H3;1H. The summed E-state index contributed by atoms with van der Waals surface area (Å²) in [6.07, 6.45) is 2.67. The van der Waals surface area contributed by atoms with E-state index in [9.17, 15) is 0 Å². The van der Waals surface area contributed by atoms with Crippen molar-refractivity contribution in [3.8, 4) is 5.75 Å². The third kappa shape index (κ3) is 3.30. The van der Waals surface area contributed by atoms with E-state index in [0.717, 1.165) is 16.8 Å². The SMILES string of the molecule is COc1cc(Br)ccc1CN1CCC2(CCNC2)C1.Cl. The highest BCUT2D eigenvalue weighted by Crippen LogP contribution is 2.37. The van der Waals surface area contributed by atoms with Crippen LogP contribution in [0.5, 0.6) is 5.75 Å². The van der Waals surface area contributed by atoms with Crippen LogP contribution in [-0.4, -0.2) is 38.2 Å². The van der Waals surface area contributed by atoms with Crippen LogP contribution < -0.4 is 10.1 Å². The van der Waals surface area contributed by atoms with Crippen LogP contribution in [0.25, 0.3) is 0 Å². The number of hydrogen-bond donors (Lipinski definition) is 1. The Kier molecular flexibility index (Phi) is 5.35. The van der Waals surface area contributed by atoms with Crippen molar-refractivity contribution in [3.05, 3.63) is 28.2 Å². The summed E-state index contributed by atoms with van der Waals surface area (Å²) in [5, 5.41) is 3.51. The Morgan fingerprint density at radius 2 is 2.25 bits per heavy atom. The molecule has 3 rings (SSSR count).